The summed E-state index contributed by atoms with van der Waals surface area (Å²) in [5.41, 5.74) is 6.15. The number of hydrogen-bond acceptors (Lipinski definition) is 3. The van der Waals surface area contributed by atoms with Crippen molar-refractivity contribution in [1.82, 2.24) is 5.32 Å². The number of aryl methyl sites for hydroxylation is 1. The molecule has 0 saturated carbocycles. The first kappa shape index (κ1) is 14.6. The van der Waals surface area contributed by atoms with Crippen LogP contribution in [-0.4, -0.2) is 24.9 Å². The molecule has 2 amide bonds. The second kappa shape index (κ2) is 6.46. The zero-order valence-electron chi connectivity index (χ0n) is 9.72. The van der Waals surface area contributed by atoms with Crippen molar-refractivity contribution in [1.29, 1.82) is 0 Å². The molecule has 0 heterocycles. The van der Waals surface area contributed by atoms with Crippen LogP contribution in [-0.2, 0) is 9.59 Å². The molecule has 1 aromatic rings. The van der Waals surface area contributed by atoms with E-state index in [1.807, 2.05) is 0 Å². The molecule has 1 aromatic carbocycles. The smallest absolute Gasteiger partial charge is 0.243 e. The predicted octanol–water partition coefficient (Wildman–Crippen LogP) is 0.910. The highest BCUT2D eigenvalue weighted by Crippen LogP contribution is 2.24. The van der Waals surface area contributed by atoms with E-state index in [1.165, 1.54) is 12.1 Å². The van der Waals surface area contributed by atoms with Gasteiger partial charge in [-0.3, -0.25) is 9.59 Å². The number of carbonyl (C=O) groups is 2. The van der Waals surface area contributed by atoms with Gasteiger partial charge in [-0.2, -0.15) is 0 Å². The predicted molar refractivity (Wildman–Crippen MR) is 69.5 cm³/mol. The topological polar surface area (TPSA) is 84.2 Å². The summed E-state index contributed by atoms with van der Waals surface area (Å²) in [5, 5.41) is 4.90. The van der Waals surface area contributed by atoms with Crippen molar-refractivity contribution in [3.05, 3.63) is 28.0 Å². The highest BCUT2D eigenvalue weighted by atomic mass is 79.9. The van der Waals surface area contributed by atoms with E-state index < -0.39 is 17.6 Å². The van der Waals surface area contributed by atoms with Crippen molar-refractivity contribution in [2.24, 2.45) is 5.73 Å². The van der Waals surface area contributed by atoms with Crippen LogP contribution in [0.25, 0.3) is 0 Å². The summed E-state index contributed by atoms with van der Waals surface area (Å²) in [5.74, 6) is -1.22. The Labute approximate surface area is 112 Å². The number of hydrogen-bond donors (Lipinski definition) is 3. The van der Waals surface area contributed by atoms with Gasteiger partial charge >= 0.3 is 0 Å². The van der Waals surface area contributed by atoms with Gasteiger partial charge in [-0.1, -0.05) is 0 Å². The Bertz CT molecular complexity index is 480. The second-order valence-electron chi connectivity index (χ2n) is 3.61. The van der Waals surface area contributed by atoms with Gasteiger partial charge in [0.05, 0.1) is 17.6 Å². The number of anilines is 1. The maximum Gasteiger partial charge on any atom is 0.243 e. The lowest BCUT2D eigenvalue weighted by molar-refractivity contribution is -0.123. The maximum absolute atomic E-state index is 13.2. The molecule has 98 valence electrons. The van der Waals surface area contributed by atoms with Crippen LogP contribution in [0.3, 0.4) is 0 Å². The minimum Gasteiger partial charge on any atom is -0.346 e. The van der Waals surface area contributed by atoms with Crippen LogP contribution in [0.1, 0.15) is 5.56 Å². The molecular formula is C11H13BrFN3O2. The molecule has 0 unspecified atom stereocenters. The molecule has 0 aliphatic rings. The summed E-state index contributed by atoms with van der Waals surface area (Å²) >= 11 is 3.03. The summed E-state index contributed by atoms with van der Waals surface area (Å²) in [6.45, 7) is 1.32. The molecule has 0 aromatic heterocycles. The van der Waals surface area contributed by atoms with E-state index in [-0.39, 0.29) is 17.6 Å². The number of amides is 2. The minimum absolute atomic E-state index is 0.172. The van der Waals surface area contributed by atoms with E-state index in [0.29, 0.717) is 11.3 Å². The third kappa shape index (κ3) is 4.08. The zero-order chi connectivity index (χ0) is 13.7. The lowest BCUT2D eigenvalue weighted by Crippen LogP contribution is -2.36. The molecule has 7 heteroatoms. The SMILES string of the molecule is Cc1cc(F)c(Br)cc1NC(=O)CNC(=O)CN. The van der Waals surface area contributed by atoms with Crippen molar-refractivity contribution in [2.75, 3.05) is 18.4 Å². The Hall–Kier alpha value is -1.47. The monoisotopic (exact) mass is 317 g/mol. The van der Waals surface area contributed by atoms with Crippen LogP contribution in [0.5, 0.6) is 0 Å². The molecule has 1 rings (SSSR count). The molecule has 0 aliphatic heterocycles. The van der Waals surface area contributed by atoms with Gasteiger partial charge in [-0.15, -0.1) is 0 Å². The molecule has 0 atom stereocenters. The number of nitrogens with one attached hydrogen (secondary N) is 2. The number of benzene rings is 1. The van der Waals surface area contributed by atoms with E-state index >= 15 is 0 Å². The molecular weight excluding hydrogens is 305 g/mol. The molecule has 0 bridgehead atoms. The van der Waals surface area contributed by atoms with Crippen LogP contribution in [0.4, 0.5) is 10.1 Å². The highest BCUT2D eigenvalue weighted by Gasteiger charge is 2.09. The molecule has 4 N–H and O–H groups in total. The van der Waals surface area contributed by atoms with Gasteiger partial charge in [-0.25, -0.2) is 4.39 Å². The third-order valence-corrected chi connectivity index (χ3v) is 2.78. The number of halogens is 2. The molecule has 0 spiro atoms. The normalized spacial score (nSPS) is 10.0. The van der Waals surface area contributed by atoms with Crippen LogP contribution in [0.2, 0.25) is 0 Å². The summed E-state index contributed by atoms with van der Waals surface area (Å²) < 4.78 is 13.4. The fraction of sp³-hybridized carbons (Fsp3) is 0.273. The molecule has 18 heavy (non-hydrogen) atoms. The lowest BCUT2D eigenvalue weighted by Gasteiger charge is -2.10. The average molecular weight is 318 g/mol. The quantitative estimate of drug-likeness (QED) is 0.771. The summed E-state index contributed by atoms with van der Waals surface area (Å²) in [6, 6.07) is 2.77. The number of carbonyl (C=O) groups excluding carboxylic acids is 2. The zero-order valence-corrected chi connectivity index (χ0v) is 11.3. The van der Waals surface area contributed by atoms with Gasteiger partial charge in [0.15, 0.2) is 0 Å². The lowest BCUT2D eigenvalue weighted by atomic mass is 10.2. The van der Waals surface area contributed by atoms with E-state index in [4.69, 9.17) is 5.73 Å². The van der Waals surface area contributed by atoms with E-state index in [9.17, 15) is 14.0 Å². The van der Waals surface area contributed by atoms with Crippen molar-refractivity contribution < 1.29 is 14.0 Å². The fourth-order valence-electron chi connectivity index (χ4n) is 1.23. The Morgan fingerprint density at radius 3 is 2.67 bits per heavy atom. The van der Waals surface area contributed by atoms with Gasteiger partial charge < -0.3 is 16.4 Å². The molecule has 0 radical (unpaired) electrons. The molecule has 0 fully saturated rings. The van der Waals surface area contributed by atoms with Gasteiger partial charge in [0.2, 0.25) is 11.8 Å². The van der Waals surface area contributed by atoms with Gasteiger partial charge in [-0.05, 0) is 40.5 Å². The Morgan fingerprint density at radius 1 is 1.39 bits per heavy atom. The molecule has 0 aliphatic carbocycles. The third-order valence-electron chi connectivity index (χ3n) is 2.17. The van der Waals surface area contributed by atoms with Crippen molar-refractivity contribution in [3.63, 3.8) is 0 Å². The maximum atomic E-state index is 13.2. The Kier molecular flexibility index (Phi) is 5.24. The van der Waals surface area contributed by atoms with Crippen molar-refractivity contribution >= 4 is 33.4 Å². The Balaban J connectivity index is 2.65. The Morgan fingerprint density at radius 2 is 2.06 bits per heavy atom. The van der Waals surface area contributed by atoms with Crippen LogP contribution in [0.15, 0.2) is 16.6 Å². The van der Waals surface area contributed by atoms with Crippen LogP contribution in [0, 0.1) is 12.7 Å². The van der Waals surface area contributed by atoms with E-state index in [0.717, 1.165) is 0 Å². The van der Waals surface area contributed by atoms with Crippen LogP contribution < -0.4 is 16.4 Å². The van der Waals surface area contributed by atoms with Crippen molar-refractivity contribution in [3.8, 4) is 0 Å². The number of rotatable bonds is 4. The summed E-state index contributed by atoms with van der Waals surface area (Å²) in [4.78, 5) is 22.4. The largest absolute Gasteiger partial charge is 0.346 e. The first-order chi connectivity index (χ1) is 8.43. The van der Waals surface area contributed by atoms with Crippen LogP contribution >= 0.6 is 15.9 Å². The first-order valence-electron chi connectivity index (χ1n) is 5.16. The summed E-state index contributed by atoms with van der Waals surface area (Å²) in [7, 11) is 0. The summed E-state index contributed by atoms with van der Waals surface area (Å²) in [6.07, 6.45) is 0. The molecule has 0 saturated heterocycles. The standard InChI is InChI=1S/C11H13BrFN3O2/c1-6-2-8(13)7(12)3-9(6)16-11(18)5-15-10(17)4-14/h2-3H,4-5,14H2,1H3,(H,15,17)(H,16,18). The van der Waals surface area contributed by atoms with E-state index in [1.54, 1.807) is 6.92 Å². The van der Waals surface area contributed by atoms with E-state index in [2.05, 4.69) is 26.6 Å². The minimum atomic E-state index is -0.415. The number of nitrogens with two attached hydrogens (primary N) is 1. The fourth-order valence-corrected chi connectivity index (χ4v) is 1.57. The molecule has 5 nitrogen and oxygen atoms in total. The van der Waals surface area contributed by atoms with Gasteiger partial charge in [0.25, 0.3) is 0 Å². The van der Waals surface area contributed by atoms with Gasteiger partial charge in [0.1, 0.15) is 5.82 Å². The highest BCUT2D eigenvalue weighted by molar-refractivity contribution is 9.10. The first-order valence-corrected chi connectivity index (χ1v) is 5.95. The second-order valence-corrected chi connectivity index (χ2v) is 4.46. The van der Waals surface area contributed by atoms with Crippen molar-refractivity contribution in [2.45, 2.75) is 6.92 Å². The van der Waals surface area contributed by atoms with Gasteiger partial charge in [0, 0.05) is 5.69 Å². The average Bonchev–Trinajstić information content (AvgIpc) is 2.33.